The molecule has 184 valence electrons. The third-order valence-corrected chi connectivity index (χ3v) is 8.68. The van der Waals surface area contributed by atoms with Crippen molar-refractivity contribution in [1.82, 2.24) is 20.2 Å². The molecule has 7 nitrogen and oxygen atoms in total. The van der Waals surface area contributed by atoms with Gasteiger partial charge in [-0.2, -0.15) is 0 Å². The van der Waals surface area contributed by atoms with Crippen molar-refractivity contribution in [3.63, 3.8) is 0 Å². The molecule has 0 bridgehead atoms. The molecular formula is C28H30N4O3Si. The molecule has 1 aliphatic carbocycles. The van der Waals surface area contributed by atoms with Crippen LogP contribution in [-0.4, -0.2) is 56.4 Å². The average Bonchev–Trinajstić information content (AvgIpc) is 3.42. The first-order valence-electron chi connectivity index (χ1n) is 12.5. The minimum atomic E-state index is -0.445. The van der Waals surface area contributed by atoms with Gasteiger partial charge in [0.25, 0.3) is 5.91 Å². The molecule has 6 rings (SSSR count). The number of nitrogens with one attached hydrogen (secondary N) is 1. The van der Waals surface area contributed by atoms with E-state index in [4.69, 9.17) is 9.15 Å². The Morgan fingerprint density at radius 1 is 1.22 bits per heavy atom. The maximum atomic E-state index is 13.6. The smallest absolute Gasteiger partial charge is 0.252 e. The quantitative estimate of drug-likeness (QED) is 0.394. The Hall–Kier alpha value is -3.49. The first kappa shape index (κ1) is 22.9. The lowest BCUT2D eigenvalue weighted by Gasteiger charge is -2.41. The SMILES string of the molecule is Cc1ccc(O[C@@H]([SiH3])[C@@H]2CCN2C)cc1C(=O)NC1(c2cc(-c3ncco3)cc3ncccc23)CC1. The summed E-state index contributed by atoms with van der Waals surface area (Å²) in [4.78, 5) is 24.9. The van der Waals surface area contributed by atoms with Gasteiger partial charge in [0.15, 0.2) is 0 Å². The molecule has 3 heterocycles. The van der Waals surface area contributed by atoms with Gasteiger partial charge in [-0.3, -0.25) is 9.78 Å². The van der Waals surface area contributed by atoms with Gasteiger partial charge < -0.3 is 19.4 Å². The Morgan fingerprint density at radius 3 is 2.78 bits per heavy atom. The number of ether oxygens (including phenoxy) is 1. The highest BCUT2D eigenvalue weighted by Gasteiger charge is 2.47. The number of carbonyl (C=O) groups excluding carboxylic acids is 1. The van der Waals surface area contributed by atoms with Crippen molar-refractivity contribution in [3.05, 3.63) is 77.8 Å². The van der Waals surface area contributed by atoms with E-state index in [9.17, 15) is 4.79 Å². The number of hydrogen-bond donors (Lipinski definition) is 1. The minimum absolute atomic E-state index is 0.0836. The molecule has 36 heavy (non-hydrogen) atoms. The number of benzene rings is 2. The van der Waals surface area contributed by atoms with Crippen molar-refractivity contribution < 1.29 is 13.9 Å². The number of amides is 1. The maximum Gasteiger partial charge on any atom is 0.252 e. The van der Waals surface area contributed by atoms with Crippen LogP contribution in [0.2, 0.25) is 0 Å². The van der Waals surface area contributed by atoms with E-state index in [1.165, 1.54) is 6.42 Å². The first-order chi connectivity index (χ1) is 17.4. The van der Waals surface area contributed by atoms with E-state index in [1.807, 2.05) is 37.3 Å². The zero-order chi connectivity index (χ0) is 24.9. The molecule has 1 saturated carbocycles. The van der Waals surface area contributed by atoms with Crippen molar-refractivity contribution in [2.45, 2.75) is 43.5 Å². The lowest BCUT2D eigenvalue weighted by Crippen LogP contribution is -2.53. The van der Waals surface area contributed by atoms with Gasteiger partial charge in [-0.1, -0.05) is 12.1 Å². The van der Waals surface area contributed by atoms with E-state index < -0.39 is 5.54 Å². The summed E-state index contributed by atoms with van der Waals surface area (Å²) in [5, 5.41) is 4.40. The van der Waals surface area contributed by atoms with Crippen LogP contribution in [0.5, 0.6) is 5.75 Å². The largest absolute Gasteiger partial charge is 0.494 e. The number of carbonyl (C=O) groups is 1. The Morgan fingerprint density at radius 2 is 2.08 bits per heavy atom. The van der Waals surface area contributed by atoms with Gasteiger partial charge in [-0.15, -0.1) is 0 Å². The molecule has 1 saturated heterocycles. The van der Waals surface area contributed by atoms with Crippen LogP contribution in [0.3, 0.4) is 0 Å². The summed E-state index contributed by atoms with van der Waals surface area (Å²) < 4.78 is 11.9. The molecule has 2 aromatic carbocycles. The Balaban J connectivity index is 1.30. The highest BCUT2D eigenvalue weighted by Crippen LogP contribution is 2.49. The predicted molar refractivity (Wildman–Crippen MR) is 142 cm³/mol. The normalized spacial score (nSPS) is 19.6. The van der Waals surface area contributed by atoms with Crippen LogP contribution in [0.1, 0.15) is 40.7 Å². The number of aromatic nitrogens is 2. The molecule has 0 unspecified atom stereocenters. The van der Waals surface area contributed by atoms with Gasteiger partial charge in [0.2, 0.25) is 5.89 Å². The van der Waals surface area contributed by atoms with Gasteiger partial charge in [0.1, 0.15) is 12.0 Å². The molecular weight excluding hydrogens is 468 g/mol. The summed E-state index contributed by atoms with van der Waals surface area (Å²) in [6.45, 7) is 3.09. The Labute approximate surface area is 213 Å². The van der Waals surface area contributed by atoms with E-state index in [0.717, 1.165) is 63.0 Å². The Bertz CT molecular complexity index is 1430. The number of likely N-dealkylation sites (tertiary alicyclic amines) is 1. The van der Waals surface area contributed by atoms with Crippen molar-refractivity contribution in [1.29, 1.82) is 0 Å². The predicted octanol–water partition coefficient (Wildman–Crippen LogP) is 3.39. The van der Waals surface area contributed by atoms with Gasteiger partial charge in [0.05, 0.1) is 33.2 Å². The van der Waals surface area contributed by atoms with E-state index in [-0.39, 0.29) is 11.6 Å². The fourth-order valence-electron chi connectivity index (χ4n) is 5.28. The zero-order valence-electron chi connectivity index (χ0n) is 20.8. The molecule has 2 aromatic heterocycles. The third kappa shape index (κ3) is 4.10. The number of rotatable bonds is 7. The molecule has 0 radical (unpaired) electrons. The summed E-state index contributed by atoms with van der Waals surface area (Å²) >= 11 is 0. The second kappa shape index (κ2) is 8.87. The van der Waals surface area contributed by atoms with Gasteiger partial charge in [0, 0.05) is 28.8 Å². The molecule has 8 heteroatoms. The van der Waals surface area contributed by atoms with Crippen LogP contribution in [-0.2, 0) is 5.54 Å². The molecule has 4 aromatic rings. The summed E-state index contributed by atoms with van der Waals surface area (Å²) in [6.07, 6.45) is 7.88. The summed E-state index contributed by atoms with van der Waals surface area (Å²) in [5.41, 5.74) is 4.10. The highest BCUT2D eigenvalue weighted by molar-refractivity contribution is 6.11. The van der Waals surface area contributed by atoms with Crippen LogP contribution < -0.4 is 10.1 Å². The zero-order valence-corrected chi connectivity index (χ0v) is 22.8. The average molecular weight is 499 g/mol. The van der Waals surface area contributed by atoms with Crippen LogP contribution in [0.15, 0.2) is 65.5 Å². The van der Waals surface area contributed by atoms with E-state index in [1.54, 1.807) is 18.7 Å². The fourth-order valence-corrected chi connectivity index (χ4v) is 6.40. The van der Waals surface area contributed by atoms with E-state index in [0.29, 0.717) is 17.5 Å². The molecule has 2 atom stereocenters. The molecule has 1 N–H and O–H groups in total. The maximum absolute atomic E-state index is 13.6. The van der Waals surface area contributed by atoms with Crippen LogP contribution in [0.25, 0.3) is 22.4 Å². The van der Waals surface area contributed by atoms with Crippen molar-refractivity contribution in [2.24, 2.45) is 0 Å². The molecule has 2 fully saturated rings. The molecule has 1 amide bonds. The van der Waals surface area contributed by atoms with E-state index in [2.05, 4.69) is 39.4 Å². The fraction of sp³-hybridized carbons (Fsp3) is 0.321. The number of likely N-dealkylation sites (N-methyl/N-ethyl adjacent to an activating group) is 1. The topological polar surface area (TPSA) is 80.5 Å². The van der Waals surface area contributed by atoms with Crippen molar-refractivity contribution in [2.75, 3.05) is 13.6 Å². The molecule has 1 aliphatic heterocycles. The monoisotopic (exact) mass is 498 g/mol. The molecule has 2 aliphatic rings. The number of fused-ring (bicyclic) bond motifs is 1. The van der Waals surface area contributed by atoms with E-state index >= 15 is 0 Å². The minimum Gasteiger partial charge on any atom is -0.494 e. The number of nitrogens with zero attached hydrogens (tertiary/aromatic N) is 3. The number of aryl methyl sites for hydroxylation is 1. The van der Waals surface area contributed by atoms with Gasteiger partial charge >= 0.3 is 0 Å². The first-order valence-corrected chi connectivity index (χ1v) is 13.7. The third-order valence-electron chi connectivity index (χ3n) is 7.68. The second-order valence-electron chi connectivity index (χ2n) is 10.1. The number of oxazole rings is 1. The van der Waals surface area contributed by atoms with Crippen LogP contribution in [0.4, 0.5) is 0 Å². The lowest BCUT2D eigenvalue weighted by molar-refractivity contribution is 0.0562. The number of hydrogen-bond acceptors (Lipinski definition) is 6. The second-order valence-corrected chi connectivity index (χ2v) is 11.2. The van der Waals surface area contributed by atoms with Crippen LogP contribution in [0, 0.1) is 6.92 Å². The van der Waals surface area contributed by atoms with Crippen LogP contribution >= 0.6 is 0 Å². The summed E-state index contributed by atoms with van der Waals surface area (Å²) in [5.74, 6) is 1.22. The standard InChI is InChI=1S/C28H30N4O3Si/c1-17-5-6-19(35-27(36)24-7-12-32(24)2)16-21(17)25(33)31-28(8-9-28)22-14-18(26-30-11-13-34-26)15-23-20(22)4-3-10-29-23/h3-6,10-11,13-16,24,27H,7-9,12H2,1-2,36H3,(H,31,33)/t24-,27-/m0/s1. The number of pyridine rings is 1. The molecule has 0 spiro atoms. The van der Waals surface area contributed by atoms with Gasteiger partial charge in [-0.05, 0) is 81.2 Å². The lowest BCUT2D eigenvalue weighted by atomic mass is 9.95. The van der Waals surface area contributed by atoms with Crippen molar-refractivity contribution in [3.8, 4) is 17.2 Å². The Kier molecular flexibility index (Phi) is 5.65. The highest BCUT2D eigenvalue weighted by atomic mass is 28.1. The van der Waals surface area contributed by atoms with Gasteiger partial charge in [-0.25, -0.2) is 4.98 Å². The summed E-state index contributed by atoms with van der Waals surface area (Å²) in [6, 6.07) is 14.4. The van der Waals surface area contributed by atoms with Crippen molar-refractivity contribution >= 4 is 27.1 Å². The summed E-state index contributed by atoms with van der Waals surface area (Å²) in [7, 11) is 3.08.